The van der Waals surface area contributed by atoms with Crippen molar-refractivity contribution in [1.82, 2.24) is 5.32 Å². The first-order valence-electron chi connectivity index (χ1n) is 6.19. The molecule has 6 nitrogen and oxygen atoms in total. The van der Waals surface area contributed by atoms with Gasteiger partial charge in [-0.15, -0.1) is 0 Å². The van der Waals surface area contributed by atoms with Gasteiger partial charge in [-0.2, -0.15) is 5.26 Å². The molecule has 2 atom stereocenters. The molecule has 1 saturated heterocycles. The Morgan fingerprint density at radius 1 is 1.50 bits per heavy atom. The maximum absolute atomic E-state index is 11.8. The van der Waals surface area contributed by atoms with Crippen LogP contribution in [0.1, 0.15) is 32.1 Å². The molecule has 0 radical (unpaired) electrons. The zero-order chi connectivity index (χ0) is 13.4. The maximum Gasteiger partial charge on any atom is 0.239 e. The minimum Gasteiger partial charge on any atom is -0.381 e. The van der Waals surface area contributed by atoms with Crippen molar-refractivity contribution < 1.29 is 14.3 Å². The molecule has 1 aliphatic heterocycles. The lowest BCUT2D eigenvalue weighted by atomic mass is 10.0. The van der Waals surface area contributed by atoms with Gasteiger partial charge in [0.1, 0.15) is 6.04 Å². The van der Waals surface area contributed by atoms with E-state index in [2.05, 4.69) is 5.32 Å². The Bertz CT molecular complexity index is 332. The number of hydrogen-bond donors (Lipinski definition) is 2. The zero-order valence-electron chi connectivity index (χ0n) is 10.4. The van der Waals surface area contributed by atoms with Crippen molar-refractivity contribution in [2.75, 3.05) is 13.2 Å². The summed E-state index contributed by atoms with van der Waals surface area (Å²) in [4.78, 5) is 23.0. The van der Waals surface area contributed by atoms with Crippen LogP contribution in [0.2, 0.25) is 0 Å². The minimum absolute atomic E-state index is 0.170. The zero-order valence-corrected chi connectivity index (χ0v) is 10.4. The molecule has 1 aliphatic rings. The van der Waals surface area contributed by atoms with Gasteiger partial charge in [0.25, 0.3) is 0 Å². The summed E-state index contributed by atoms with van der Waals surface area (Å²) < 4.78 is 5.12. The Morgan fingerprint density at radius 3 is 2.83 bits per heavy atom. The van der Waals surface area contributed by atoms with Crippen LogP contribution in [-0.2, 0) is 14.3 Å². The number of rotatable bonds is 7. The number of nitrogens with two attached hydrogens (primary N) is 1. The maximum atomic E-state index is 11.8. The van der Waals surface area contributed by atoms with Gasteiger partial charge < -0.3 is 15.8 Å². The summed E-state index contributed by atoms with van der Waals surface area (Å²) in [5.41, 5.74) is 5.25. The predicted molar refractivity (Wildman–Crippen MR) is 64.1 cm³/mol. The highest BCUT2D eigenvalue weighted by Crippen LogP contribution is 2.13. The minimum atomic E-state index is -0.642. The number of amides is 2. The molecule has 1 rings (SSSR count). The van der Waals surface area contributed by atoms with Crippen molar-refractivity contribution >= 4 is 11.8 Å². The highest BCUT2D eigenvalue weighted by molar-refractivity contribution is 5.87. The molecule has 3 N–H and O–H groups in total. The van der Waals surface area contributed by atoms with Gasteiger partial charge in [-0.05, 0) is 25.7 Å². The summed E-state index contributed by atoms with van der Waals surface area (Å²) in [6, 6.07) is 1.39. The van der Waals surface area contributed by atoms with Crippen LogP contribution in [0.15, 0.2) is 0 Å². The van der Waals surface area contributed by atoms with Crippen LogP contribution >= 0.6 is 0 Å². The third-order valence-electron chi connectivity index (χ3n) is 2.99. The van der Waals surface area contributed by atoms with E-state index in [9.17, 15) is 9.59 Å². The molecule has 2 amide bonds. The van der Waals surface area contributed by atoms with E-state index in [0.29, 0.717) is 45.3 Å². The molecule has 0 aliphatic carbocycles. The Labute approximate surface area is 106 Å². The van der Waals surface area contributed by atoms with E-state index in [1.807, 2.05) is 6.07 Å². The van der Waals surface area contributed by atoms with Gasteiger partial charge in [0.05, 0.1) is 18.6 Å². The molecule has 1 fully saturated rings. The summed E-state index contributed by atoms with van der Waals surface area (Å²) >= 11 is 0. The van der Waals surface area contributed by atoms with Crippen molar-refractivity contribution in [2.45, 2.75) is 38.1 Å². The van der Waals surface area contributed by atoms with E-state index in [1.165, 1.54) is 0 Å². The second-order valence-electron chi connectivity index (χ2n) is 4.43. The lowest BCUT2D eigenvalue weighted by Crippen LogP contribution is -2.46. The first kappa shape index (κ1) is 14.5. The topological polar surface area (TPSA) is 105 Å². The molecule has 0 saturated carbocycles. The van der Waals surface area contributed by atoms with E-state index >= 15 is 0 Å². The highest BCUT2D eigenvalue weighted by atomic mass is 16.5. The molecule has 1 heterocycles. The Balaban J connectivity index is 2.34. The van der Waals surface area contributed by atoms with Gasteiger partial charge in [-0.1, -0.05) is 0 Å². The van der Waals surface area contributed by atoms with E-state index in [1.54, 1.807) is 0 Å². The molecule has 18 heavy (non-hydrogen) atoms. The third kappa shape index (κ3) is 4.72. The fourth-order valence-corrected chi connectivity index (χ4v) is 1.87. The van der Waals surface area contributed by atoms with E-state index < -0.39 is 11.9 Å². The Hall–Kier alpha value is -1.61. The SMILES string of the molecule is N#CCCCC[C@H](NC(=O)[C@H]1CCOC1)C(N)=O. The van der Waals surface area contributed by atoms with Crippen LogP contribution in [0.25, 0.3) is 0 Å². The quantitative estimate of drug-likeness (QED) is 0.626. The number of carbonyl (C=O) groups is 2. The molecular weight excluding hydrogens is 234 g/mol. The van der Waals surface area contributed by atoms with Gasteiger partial charge in [0, 0.05) is 13.0 Å². The molecule has 0 spiro atoms. The fourth-order valence-electron chi connectivity index (χ4n) is 1.87. The average molecular weight is 253 g/mol. The molecule has 100 valence electrons. The van der Waals surface area contributed by atoms with Gasteiger partial charge in [-0.3, -0.25) is 9.59 Å². The van der Waals surface area contributed by atoms with Gasteiger partial charge in [0.2, 0.25) is 11.8 Å². The molecule has 0 bridgehead atoms. The number of primary amides is 1. The Kier molecular flexibility index (Phi) is 6.15. The van der Waals surface area contributed by atoms with Crippen molar-refractivity contribution in [3.63, 3.8) is 0 Å². The Morgan fingerprint density at radius 2 is 2.28 bits per heavy atom. The number of nitrogens with zero attached hydrogens (tertiary/aromatic N) is 1. The van der Waals surface area contributed by atoms with Crippen molar-refractivity contribution in [2.24, 2.45) is 11.7 Å². The van der Waals surface area contributed by atoms with Crippen LogP contribution in [0.4, 0.5) is 0 Å². The predicted octanol–water partition coefficient (Wildman–Crippen LogP) is 0.0770. The van der Waals surface area contributed by atoms with Crippen molar-refractivity contribution in [1.29, 1.82) is 5.26 Å². The van der Waals surface area contributed by atoms with Crippen molar-refractivity contribution in [3.8, 4) is 6.07 Å². The second-order valence-corrected chi connectivity index (χ2v) is 4.43. The molecule has 0 aromatic carbocycles. The van der Waals surface area contributed by atoms with Crippen LogP contribution in [-0.4, -0.2) is 31.1 Å². The first-order valence-corrected chi connectivity index (χ1v) is 6.19. The van der Waals surface area contributed by atoms with Crippen LogP contribution in [0, 0.1) is 17.2 Å². The molecular formula is C12H19N3O3. The van der Waals surface area contributed by atoms with Gasteiger partial charge in [-0.25, -0.2) is 0 Å². The van der Waals surface area contributed by atoms with E-state index in [-0.39, 0.29) is 11.8 Å². The van der Waals surface area contributed by atoms with Gasteiger partial charge in [0.15, 0.2) is 0 Å². The number of nitrogens with one attached hydrogen (secondary N) is 1. The largest absolute Gasteiger partial charge is 0.381 e. The third-order valence-corrected chi connectivity index (χ3v) is 2.99. The fraction of sp³-hybridized carbons (Fsp3) is 0.750. The lowest BCUT2D eigenvalue weighted by molar-refractivity contribution is -0.130. The average Bonchev–Trinajstić information content (AvgIpc) is 2.86. The normalized spacial score (nSPS) is 20.1. The van der Waals surface area contributed by atoms with Crippen LogP contribution in [0.5, 0.6) is 0 Å². The first-order chi connectivity index (χ1) is 8.65. The lowest BCUT2D eigenvalue weighted by Gasteiger charge is -2.17. The smallest absolute Gasteiger partial charge is 0.239 e. The standard InChI is InChI=1S/C12H19N3O3/c13-6-3-1-2-4-10(11(14)16)15-12(17)9-5-7-18-8-9/h9-10H,1-5,7-8H2,(H2,14,16)(H,15,17)/t9-,10-/m0/s1. The molecule has 0 aromatic rings. The molecule has 0 aromatic heterocycles. The second kappa shape index (κ2) is 7.67. The molecule has 6 heteroatoms. The van der Waals surface area contributed by atoms with Crippen molar-refractivity contribution in [3.05, 3.63) is 0 Å². The summed E-state index contributed by atoms with van der Waals surface area (Å²) in [5, 5.41) is 11.1. The summed E-state index contributed by atoms with van der Waals surface area (Å²) in [6.45, 7) is 0.993. The number of unbranched alkanes of at least 4 members (excludes halogenated alkanes) is 2. The summed E-state index contributed by atoms with van der Waals surface area (Å²) in [5.74, 6) is -0.873. The summed E-state index contributed by atoms with van der Waals surface area (Å²) in [6.07, 6.45) is 3.03. The van der Waals surface area contributed by atoms with Gasteiger partial charge >= 0.3 is 0 Å². The number of hydrogen-bond acceptors (Lipinski definition) is 4. The van der Waals surface area contributed by atoms with E-state index in [0.717, 1.165) is 0 Å². The highest BCUT2D eigenvalue weighted by Gasteiger charge is 2.26. The van der Waals surface area contributed by atoms with Crippen LogP contribution in [0.3, 0.4) is 0 Å². The van der Waals surface area contributed by atoms with E-state index in [4.69, 9.17) is 15.7 Å². The molecule has 0 unspecified atom stereocenters. The number of carbonyl (C=O) groups excluding carboxylic acids is 2. The number of ether oxygens (including phenoxy) is 1. The monoisotopic (exact) mass is 253 g/mol. The number of nitriles is 1. The van der Waals surface area contributed by atoms with Crippen LogP contribution < -0.4 is 11.1 Å². The summed E-state index contributed by atoms with van der Waals surface area (Å²) in [7, 11) is 0.